The van der Waals surface area contributed by atoms with Gasteiger partial charge in [0.25, 0.3) is 5.91 Å². The van der Waals surface area contributed by atoms with Crippen LogP contribution in [-0.4, -0.2) is 119 Å². The molecule has 7 rings (SSSR count). The number of nitrogens with one attached hydrogen (secondary N) is 2. The minimum absolute atomic E-state index is 0.164. The van der Waals surface area contributed by atoms with Crippen LogP contribution in [0.5, 0.6) is 11.6 Å². The number of piperidine rings is 1. The maximum atomic E-state index is 13.3. The number of ether oxygens (including phenoxy) is 4. The van der Waals surface area contributed by atoms with Crippen molar-refractivity contribution >= 4 is 40.7 Å². The average molecular weight is 925 g/mol. The summed E-state index contributed by atoms with van der Waals surface area (Å²) in [6, 6.07) is 13.1. The highest BCUT2D eigenvalue weighted by atomic mass is 35.5. The van der Waals surface area contributed by atoms with Crippen LogP contribution in [0.25, 0.3) is 5.65 Å². The van der Waals surface area contributed by atoms with Crippen LogP contribution in [0.1, 0.15) is 87.4 Å². The van der Waals surface area contributed by atoms with E-state index < -0.39 is 10.8 Å². The fourth-order valence-corrected chi connectivity index (χ4v) is 9.55. The van der Waals surface area contributed by atoms with Gasteiger partial charge in [-0.05, 0) is 49.8 Å². The van der Waals surface area contributed by atoms with Crippen molar-refractivity contribution in [2.75, 3.05) is 74.9 Å². The fraction of sp³-hybridized carbons (Fsp3) is 0.521. The number of benzene rings is 1. The Bertz CT molecular complexity index is 2420. The molecule has 4 aromatic heterocycles. The number of carbonyl (C=O) groups is 1. The third-order valence-corrected chi connectivity index (χ3v) is 13.0. The highest BCUT2D eigenvalue weighted by Gasteiger charge is 2.64. The van der Waals surface area contributed by atoms with E-state index in [1.54, 1.807) is 24.4 Å². The number of aliphatic hydroxyl groups is 1. The minimum Gasteiger partial charge on any atom is -0.489 e. The molecule has 0 spiro atoms. The molecule has 1 aliphatic heterocycles. The number of halogens is 1. The lowest BCUT2D eigenvalue weighted by Crippen LogP contribution is -2.74. The molecule has 1 aromatic carbocycles. The Morgan fingerprint density at radius 1 is 0.985 bits per heavy atom. The lowest BCUT2D eigenvalue weighted by Gasteiger charge is -2.63. The standard InChI is InChI=1S/C48H62ClN11O6/c1-7-33-31-55-60-39(25-40(56-42(33)60)59-16-9-8-10-36(59)15-18-61)51-27-32-11-14-41(52-28-32)65-23-22-64-21-20-63-19-17-58(6)46-53-29-35(30-54-46)43(62)57-44-47(2,3)45(48(44,4)5)66-37-13-12-34(26-50)38(49)24-37/h11-14,24-25,28-31,36,44-45,51,61H,7-10,15-23,27H2,1-6H3,(H,57,62)/t36-,44?,45?/m0/s1. The molecule has 2 aliphatic rings. The minimum atomic E-state index is -0.397. The molecular formula is C48H62ClN11O6. The molecule has 5 aromatic rings. The summed E-state index contributed by atoms with van der Waals surface area (Å²) in [4.78, 5) is 35.9. The first-order chi connectivity index (χ1) is 31.8. The van der Waals surface area contributed by atoms with Crippen molar-refractivity contribution in [3.63, 3.8) is 0 Å². The molecule has 3 N–H and O–H groups in total. The highest BCUT2D eigenvalue weighted by molar-refractivity contribution is 6.31. The molecule has 66 heavy (non-hydrogen) atoms. The third kappa shape index (κ3) is 11.1. The molecule has 0 bridgehead atoms. The number of aromatic nitrogens is 6. The number of amides is 1. The van der Waals surface area contributed by atoms with Crippen molar-refractivity contribution < 1.29 is 28.8 Å². The first-order valence-corrected chi connectivity index (χ1v) is 23.1. The zero-order chi connectivity index (χ0) is 46.8. The molecule has 1 saturated carbocycles. The summed E-state index contributed by atoms with van der Waals surface area (Å²) < 4.78 is 25.5. The smallest absolute Gasteiger partial charge is 0.254 e. The monoisotopic (exact) mass is 923 g/mol. The van der Waals surface area contributed by atoms with Crippen molar-refractivity contribution in [1.29, 1.82) is 5.26 Å². The number of nitriles is 1. The lowest BCUT2D eigenvalue weighted by molar-refractivity contribution is -0.164. The van der Waals surface area contributed by atoms with Crippen LogP contribution in [0.4, 0.5) is 17.6 Å². The van der Waals surface area contributed by atoms with Gasteiger partial charge < -0.3 is 44.5 Å². The second-order valence-corrected chi connectivity index (χ2v) is 18.4. The Morgan fingerprint density at radius 3 is 2.44 bits per heavy atom. The maximum absolute atomic E-state index is 13.3. The molecule has 18 heteroatoms. The van der Waals surface area contributed by atoms with Gasteiger partial charge in [0.1, 0.15) is 36.2 Å². The van der Waals surface area contributed by atoms with Crippen molar-refractivity contribution in [3.8, 4) is 17.7 Å². The maximum Gasteiger partial charge on any atom is 0.254 e. The van der Waals surface area contributed by atoms with Crippen LogP contribution < -0.4 is 29.9 Å². The van der Waals surface area contributed by atoms with Crippen LogP contribution in [0.3, 0.4) is 0 Å². The van der Waals surface area contributed by atoms with Crippen LogP contribution in [0, 0.1) is 22.2 Å². The number of pyridine rings is 1. The van der Waals surface area contributed by atoms with Crippen molar-refractivity contribution in [1.82, 2.24) is 34.9 Å². The topological polar surface area (TPSA) is 197 Å². The zero-order valence-corrected chi connectivity index (χ0v) is 39.6. The normalized spacial score (nSPS) is 18.6. The van der Waals surface area contributed by atoms with Gasteiger partial charge in [-0.25, -0.2) is 19.9 Å². The van der Waals surface area contributed by atoms with Gasteiger partial charge in [0.15, 0.2) is 5.65 Å². The first kappa shape index (κ1) is 48.1. The number of hydrogen-bond donors (Lipinski definition) is 3. The summed E-state index contributed by atoms with van der Waals surface area (Å²) in [5.41, 5.74) is 2.89. The molecule has 1 amide bonds. The Balaban J connectivity index is 0.776. The summed E-state index contributed by atoms with van der Waals surface area (Å²) in [6.07, 6.45) is 11.4. The van der Waals surface area contributed by atoms with Crippen LogP contribution in [0.15, 0.2) is 61.2 Å². The first-order valence-electron chi connectivity index (χ1n) is 22.8. The van der Waals surface area contributed by atoms with E-state index in [9.17, 15) is 15.2 Å². The van der Waals surface area contributed by atoms with Gasteiger partial charge in [0, 0.05) is 98.6 Å². The number of anilines is 3. The highest BCUT2D eigenvalue weighted by Crippen LogP contribution is 2.55. The van der Waals surface area contributed by atoms with E-state index in [0.29, 0.717) is 79.9 Å². The van der Waals surface area contributed by atoms with Gasteiger partial charge >= 0.3 is 0 Å². The molecular weight excluding hydrogens is 862 g/mol. The van der Waals surface area contributed by atoms with E-state index in [1.807, 2.05) is 34.8 Å². The molecule has 1 aliphatic carbocycles. The molecule has 2 fully saturated rings. The quantitative estimate of drug-likeness (QED) is 0.0635. The van der Waals surface area contributed by atoms with E-state index >= 15 is 0 Å². The summed E-state index contributed by atoms with van der Waals surface area (Å²) in [5, 5.41) is 30.6. The number of carbonyl (C=O) groups excluding carboxylic acids is 1. The number of rotatable bonds is 22. The van der Waals surface area contributed by atoms with E-state index in [4.69, 9.17) is 35.5 Å². The Morgan fingerprint density at radius 2 is 1.74 bits per heavy atom. The van der Waals surface area contributed by atoms with Crippen molar-refractivity contribution in [2.24, 2.45) is 10.8 Å². The summed E-state index contributed by atoms with van der Waals surface area (Å²) in [5.74, 6) is 3.08. The summed E-state index contributed by atoms with van der Waals surface area (Å²) in [7, 11) is 1.87. The lowest BCUT2D eigenvalue weighted by atomic mass is 9.49. The van der Waals surface area contributed by atoms with Gasteiger partial charge in [-0.1, -0.05) is 52.3 Å². The number of aryl methyl sites for hydroxylation is 1. The summed E-state index contributed by atoms with van der Waals surface area (Å²) in [6.45, 7) is 14.5. The predicted molar refractivity (Wildman–Crippen MR) is 252 cm³/mol. The molecule has 1 atom stereocenters. The van der Waals surface area contributed by atoms with E-state index in [-0.39, 0.29) is 30.7 Å². The third-order valence-electron chi connectivity index (χ3n) is 12.7. The van der Waals surface area contributed by atoms with E-state index in [0.717, 1.165) is 67.1 Å². The van der Waals surface area contributed by atoms with E-state index in [1.165, 1.54) is 12.4 Å². The summed E-state index contributed by atoms with van der Waals surface area (Å²) >= 11 is 6.24. The number of fused-ring (bicyclic) bond motifs is 1. The number of likely N-dealkylation sites (N-methyl/N-ethyl adjacent to an activating group) is 1. The Kier molecular flexibility index (Phi) is 15.8. The molecule has 5 heterocycles. The van der Waals surface area contributed by atoms with Crippen molar-refractivity contribution in [3.05, 3.63) is 88.5 Å². The number of nitrogens with zero attached hydrogens (tertiary/aromatic N) is 9. The number of aliphatic hydroxyl groups excluding tert-OH is 1. The van der Waals surface area contributed by atoms with Gasteiger partial charge in [-0.15, -0.1) is 0 Å². The Labute approximate surface area is 391 Å². The predicted octanol–water partition coefficient (Wildman–Crippen LogP) is 6.52. The largest absolute Gasteiger partial charge is 0.489 e. The van der Waals surface area contributed by atoms with Crippen LogP contribution in [-0.2, 0) is 22.4 Å². The second kappa shape index (κ2) is 21.7. The van der Waals surface area contributed by atoms with Crippen LogP contribution in [0.2, 0.25) is 5.02 Å². The fourth-order valence-electron chi connectivity index (χ4n) is 9.34. The SMILES string of the molecule is CCc1cnn2c(NCc3ccc(OCCOCCOCCN(C)c4ncc(C(=O)NC5C(C)(C)C(Oc6ccc(C#N)c(Cl)c6)C5(C)C)cn4)nc3)cc(N3CCCC[C@H]3CCO)nc12. The van der Waals surface area contributed by atoms with Gasteiger partial charge in [0.2, 0.25) is 11.8 Å². The average Bonchev–Trinajstić information content (AvgIpc) is 3.75. The van der Waals surface area contributed by atoms with Gasteiger partial charge in [-0.3, -0.25) is 4.79 Å². The zero-order valence-electron chi connectivity index (χ0n) is 38.8. The molecule has 0 unspecified atom stereocenters. The molecule has 1 saturated heterocycles. The molecule has 0 radical (unpaired) electrons. The molecule has 17 nitrogen and oxygen atoms in total. The van der Waals surface area contributed by atoms with E-state index in [2.05, 4.69) is 82.3 Å². The van der Waals surface area contributed by atoms with Crippen molar-refractivity contribution in [2.45, 2.75) is 91.5 Å². The van der Waals surface area contributed by atoms with Gasteiger partial charge in [0.05, 0.1) is 48.8 Å². The van der Waals surface area contributed by atoms with Gasteiger partial charge in [-0.2, -0.15) is 14.9 Å². The molecule has 352 valence electrons. The Hall–Kier alpha value is -5.80. The number of hydrogen-bond acceptors (Lipinski definition) is 15. The second-order valence-electron chi connectivity index (χ2n) is 18.0. The van der Waals surface area contributed by atoms with Crippen LogP contribution >= 0.6 is 11.6 Å².